The summed E-state index contributed by atoms with van der Waals surface area (Å²) in [4.78, 5) is 12.3. The number of hydrogen-bond acceptors (Lipinski definition) is 6. The van der Waals surface area contributed by atoms with Gasteiger partial charge in [0.1, 0.15) is 11.6 Å². The fourth-order valence-electron chi connectivity index (χ4n) is 2.80. The molecule has 1 atom stereocenters. The van der Waals surface area contributed by atoms with Crippen molar-refractivity contribution in [1.29, 1.82) is 5.26 Å². The molecule has 23 heavy (non-hydrogen) atoms. The smallest absolute Gasteiger partial charge is 0.344 e. The van der Waals surface area contributed by atoms with E-state index in [1.165, 1.54) is 11.3 Å². The number of hydrogen-bond donors (Lipinski definition) is 1. The second-order valence-corrected chi connectivity index (χ2v) is 5.89. The summed E-state index contributed by atoms with van der Waals surface area (Å²) in [6, 6.07) is 11.0. The Bertz CT molecular complexity index is 1040. The fraction of sp³-hybridized carbons (Fsp3) is 0.0588. The van der Waals surface area contributed by atoms with Crippen LogP contribution >= 0.6 is 11.3 Å². The van der Waals surface area contributed by atoms with Gasteiger partial charge < -0.3 is 14.9 Å². The van der Waals surface area contributed by atoms with Crippen molar-refractivity contribution in [3.05, 3.63) is 74.3 Å². The van der Waals surface area contributed by atoms with Crippen molar-refractivity contribution < 1.29 is 9.15 Å². The van der Waals surface area contributed by atoms with Crippen LogP contribution in [0.25, 0.3) is 10.8 Å². The van der Waals surface area contributed by atoms with Gasteiger partial charge in [-0.3, -0.25) is 0 Å². The third kappa shape index (κ3) is 1.94. The molecular weight excluding hydrogens is 312 g/mol. The first-order chi connectivity index (χ1) is 11.2. The minimum Gasteiger partial charge on any atom is -0.436 e. The molecule has 0 bridgehead atoms. The molecule has 0 saturated carbocycles. The third-order valence-electron chi connectivity index (χ3n) is 3.84. The van der Waals surface area contributed by atoms with Crippen LogP contribution in [0.4, 0.5) is 0 Å². The molecule has 5 nitrogen and oxygen atoms in total. The van der Waals surface area contributed by atoms with E-state index in [0.29, 0.717) is 22.3 Å². The van der Waals surface area contributed by atoms with Gasteiger partial charge in [-0.15, -0.1) is 0 Å². The summed E-state index contributed by atoms with van der Waals surface area (Å²) in [6.07, 6.45) is 0. The number of nitrogens with two attached hydrogens (primary N) is 1. The Balaban J connectivity index is 2.10. The highest BCUT2D eigenvalue weighted by Gasteiger charge is 2.35. The van der Waals surface area contributed by atoms with Gasteiger partial charge in [-0.1, -0.05) is 18.2 Å². The number of allylic oxidation sites excluding steroid dienone is 1. The normalized spacial score (nSPS) is 16.7. The minimum absolute atomic E-state index is 0.0372. The Morgan fingerprint density at radius 3 is 2.70 bits per heavy atom. The van der Waals surface area contributed by atoms with Crippen molar-refractivity contribution in [2.24, 2.45) is 5.73 Å². The van der Waals surface area contributed by atoms with Crippen LogP contribution in [-0.2, 0) is 0 Å². The van der Waals surface area contributed by atoms with E-state index < -0.39 is 11.5 Å². The van der Waals surface area contributed by atoms with Crippen LogP contribution in [0, 0.1) is 11.3 Å². The highest BCUT2D eigenvalue weighted by molar-refractivity contribution is 7.08. The highest BCUT2D eigenvalue weighted by Crippen LogP contribution is 2.44. The summed E-state index contributed by atoms with van der Waals surface area (Å²) in [5, 5.41) is 14.3. The van der Waals surface area contributed by atoms with Crippen molar-refractivity contribution in [2.45, 2.75) is 5.92 Å². The largest absolute Gasteiger partial charge is 0.436 e. The molecule has 4 rings (SSSR count). The van der Waals surface area contributed by atoms with E-state index in [4.69, 9.17) is 14.9 Å². The third-order valence-corrected chi connectivity index (χ3v) is 4.54. The molecule has 6 heteroatoms. The van der Waals surface area contributed by atoms with Gasteiger partial charge in [-0.05, 0) is 28.5 Å². The lowest BCUT2D eigenvalue weighted by Gasteiger charge is -2.24. The predicted molar refractivity (Wildman–Crippen MR) is 86.1 cm³/mol. The second-order valence-electron chi connectivity index (χ2n) is 5.11. The number of benzene rings is 1. The molecule has 2 aromatic heterocycles. The van der Waals surface area contributed by atoms with E-state index >= 15 is 0 Å². The monoisotopic (exact) mass is 322 g/mol. The maximum absolute atomic E-state index is 12.3. The van der Waals surface area contributed by atoms with Gasteiger partial charge in [0.15, 0.2) is 11.5 Å². The molecule has 3 heterocycles. The molecule has 3 aromatic rings. The Labute approximate surface area is 134 Å². The van der Waals surface area contributed by atoms with Gasteiger partial charge in [-0.25, -0.2) is 4.79 Å². The van der Waals surface area contributed by atoms with E-state index in [2.05, 4.69) is 6.07 Å². The van der Waals surface area contributed by atoms with E-state index in [-0.39, 0.29) is 11.5 Å². The maximum Gasteiger partial charge on any atom is 0.344 e. The van der Waals surface area contributed by atoms with Crippen LogP contribution in [0.2, 0.25) is 0 Å². The first kappa shape index (κ1) is 13.6. The zero-order valence-electron chi connectivity index (χ0n) is 11.8. The van der Waals surface area contributed by atoms with Crippen LogP contribution in [0.5, 0.6) is 5.75 Å². The molecule has 0 aliphatic carbocycles. The van der Waals surface area contributed by atoms with Crippen molar-refractivity contribution >= 4 is 22.1 Å². The lowest BCUT2D eigenvalue weighted by atomic mass is 9.88. The Hall–Kier alpha value is -3.04. The van der Waals surface area contributed by atoms with Gasteiger partial charge in [0.05, 0.1) is 11.3 Å². The molecule has 1 unspecified atom stereocenters. The number of fused-ring (bicyclic) bond motifs is 3. The molecule has 0 saturated heterocycles. The van der Waals surface area contributed by atoms with Crippen LogP contribution in [-0.4, -0.2) is 0 Å². The number of ether oxygens (including phenoxy) is 1. The molecular formula is C17H10N2O3S. The van der Waals surface area contributed by atoms with Crippen molar-refractivity contribution in [3.8, 4) is 11.8 Å². The second kappa shape index (κ2) is 5.00. The number of nitriles is 1. The standard InChI is InChI=1S/C17H10N2O3S/c18-7-12-13(9-5-6-23-8-9)15-14(21-16(12)19)10-3-1-2-4-11(10)17(20)22-15/h1-6,8,13H,19H2. The summed E-state index contributed by atoms with van der Waals surface area (Å²) >= 11 is 1.50. The van der Waals surface area contributed by atoms with Gasteiger partial charge in [0, 0.05) is 5.39 Å². The molecule has 0 radical (unpaired) electrons. The van der Waals surface area contributed by atoms with Crippen molar-refractivity contribution in [3.63, 3.8) is 0 Å². The maximum atomic E-state index is 12.3. The molecule has 2 N–H and O–H groups in total. The summed E-state index contributed by atoms with van der Waals surface area (Å²) in [6.45, 7) is 0. The van der Waals surface area contributed by atoms with E-state index in [9.17, 15) is 10.1 Å². The summed E-state index contributed by atoms with van der Waals surface area (Å²) in [5.74, 6) is 0.216. The fourth-order valence-corrected chi connectivity index (χ4v) is 3.49. The van der Waals surface area contributed by atoms with E-state index in [1.807, 2.05) is 22.9 Å². The van der Waals surface area contributed by atoms with Crippen LogP contribution in [0.15, 0.2) is 61.8 Å². The van der Waals surface area contributed by atoms with Gasteiger partial charge in [-0.2, -0.15) is 16.6 Å². The quantitative estimate of drug-likeness (QED) is 0.743. The molecule has 1 aliphatic rings. The average Bonchev–Trinajstić information content (AvgIpc) is 3.09. The van der Waals surface area contributed by atoms with Crippen LogP contribution in [0.1, 0.15) is 17.2 Å². The summed E-state index contributed by atoms with van der Waals surface area (Å²) in [5.41, 5.74) is 6.58. The lowest BCUT2D eigenvalue weighted by Crippen LogP contribution is -2.22. The van der Waals surface area contributed by atoms with Gasteiger partial charge in [0.2, 0.25) is 5.88 Å². The Kier molecular flexibility index (Phi) is 2.96. The number of rotatable bonds is 1. The molecule has 0 spiro atoms. The zero-order chi connectivity index (χ0) is 16.0. The molecule has 112 valence electrons. The van der Waals surface area contributed by atoms with E-state index in [0.717, 1.165) is 5.56 Å². The number of nitrogens with zero attached hydrogens (tertiary/aromatic N) is 1. The van der Waals surface area contributed by atoms with Crippen molar-refractivity contribution in [1.82, 2.24) is 0 Å². The molecule has 0 amide bonds. The lowest BCUT2D eigenvalue weighted by molar-refractivity contribution is 0.346. The van der Waals surface area contributed by atoms with Crippen LogP contribution in [0.3, 0.4) is 0 Å². The zero-order valence-corrected chi connectivity index (χ0v) is 12.6. The summed E-state index contributed by atoms with van der Waals surface area (Å²) < 4.78 is 11.2. The molecule has 1 aliphatic heterocycles. The number of thiophene rings is 1. The first-order valence-corrected chi connectivity index (χ1v) is 7.80. The Morgan fingerprint density at radius 1 is 1.22 bits per heavy atom. The molecule has 0 fully saturated rings. The average molecular weight is 322 g/mol. The van der Waals surface area contributed by atoms with Gasteiger partial charge >= 0.3 is 5.63 Å². The van der Waals surface area contributed by atoms with E-state index in [1.54, 1.807) is 18.2 Å². The summed E-state index contributed by atoms with van der Waals surface area (Å²) in [7, 11) is 0. The molecule has 1 aromatic carbocycles. The van der Waals surface area contributed by atoms with Crippen LogP contribution < -0.4 is 16.1 Å². The predicted octanol–water partition coefficient (Wildman–Crippen LogP) is 3.07. The minimum atomic E-state index is -0.535. The SMILES string of the molecule is N#CC1=C(N)Oc2c(oc(=O)c3ccccc23)C1c1ccsc1. The topological polar surface area (TPSA) is 89.2 Å². The Morgan fingerprint density at radius 2 is 2.00 bits per heavy atom. The first-order valence-electron chi connectivity index (χ1n) is 6.86. The van der Waals surface area contributed by atoms with Gasteiger partial charge in [0.25, 0.3) is 0 Å². The highest BCUT2D eigenvalue weighted by atomic mass is 32.1. The van der Waals surface area contributed by atoms with Crippen molar-refractivity contribution in [2.75, 3.05) is 0 Å².